The van der Waals surface area contributed by atoms with Gasteiger partial charge >= 0.3 is 0 Å². The van der Waals surface area contributed by atoms with E-state index >= 15 is 0 Å². The van der Waals surface area contributed by atoms with Crippen LogP contribution in [0, 0.1) is 5.41 Å². The van der Waals surface area contributed by atoms with Crippen molar-refractivity contribution >= 4 is 21.6 Å². The molecule has 0 atom stereocenters. The first-order valence-corrected chi connectivity index (χ1v) is 9.17. The normalized spacial score (nSPS) is 17.7. The van der Waals surface area contributed by atoms with Crippen molar-refractivity contribution in [2.24, 2.45) is 10.6 Å². The molecular weight excluding hydrogens is 318 g/mol. The first-order chi connectivity index (χ1) is 10.8. The van der Waals surface area contributed by atoms with Crippen LogP contribution in [-0.4, -0.2) is 41.1 Å². The summed E-state index contributed by atoms with van der Waals surface area (Å²) < 4.78 is 27.4. The lowest BCUT2D eigenvalue weighted by atomic mass is 9.78. The van der Waals surface area contributed by atoms with Gasteiger partial charge in [0.25, 0.3) is 0 Å². The lowest BCUT2D eigenvalue weighted by molar-refractivity contribution is -0.130. The fourth-order valence-corrected chi connectivity index (χ4v) is 3.46. The van der Waals surface area contributed by atoms with Crippen LogP contribution in [0.4, 0.5) is 5.69 Å². The highest BCUT2D eigenvalue weighted by atomic mass is 32.2. The van der Waals surface area contributed by atoms with Crippen molar-refractivity contribution in [3.63, 3.8) is 0 Å². The van der Waals surface area contributed by atoms with Gasteiger partial charge in [-0.05, 0) is 43.6 Å². The highest BCUT2D eigenvalue weighted by Crippen LogP contribution is 2.31. The first kappa shape index (κ1) is 17.9. The predicted octanol–water partition coefficient (Wildman–Crippen LogP) is 0.430. The molecule has 23 heavy (non-hydrogen) atoms. The number of methoxy groups -OCH3 is 1. The molecule has 0 aromatic heterocycles. The molecular formula is C15H23N3O4S. The summed E-state index contributed by atoms with van der Waals surface area (Å²) >= 11 is 0. The Morgan fingerprint density at radius 3 is 2.43 bits per heavy atom. The molecule has 1 amide bonds. The Labute approximate surface area is 136 Å². The van der Waals surface area contributed by atoms with Gasteiger partial charge in [0.05, 0.1) is 17.8 Å². The van der Waals surface area contributed by atoms with Gasteiger partial charge in [0.15, 0.2) is 0 Å². The fraction of sp³-hybridized carbons (Fsp3) is 0.533. The Morgan fingerprint density at radius 1 is 1.30 bits per heavy atom. The summed E-state index contributed by atoms with van der Waals surface area (Å²) in [6.07, 6.45) is 1.44. The molecule has 0 spiro atoms. The third-order valence-corrected chi connectivity index (χ3v) is 4.78. The number of hydrogen-bond acceptors (Lipinski definition) is 5. The summed E-state index contributed by atoms with van der Waals surface area (Å²) in [6, 6.07) is 6.65. The van der Waals surface area contributed by atoms with Crippen LogP contribution < -0.4 is 15.8 Å². The van der Waals surface area contributed by atoms with Gasteiger partial charge in [-0.3, -0.25) is 4.79 Å². The molecule has 1 saturated heterocycles. The molecule has 0 unspecified atom stereocenters. The van der Waals surface area contributed by atoms with Crippen LogP contribution in [0.25, 0.3) is 0 Å². The van der Waals surface area contributed by atoms with Crippen molar-refractivity contribution in [1.29, 1.82) is 0 Å². The van der Waals surface area contributed by atoms with Gasteiger partial charge < -0.3 is 15.4 Å². The van der Waals surface area contributed by atoms with Crippen molar-refractivity contribution in [2.75, 3.05) is 32.1 Å². The highest BCUT2D eigenvalue weighted by molar-refractivity contribution is 7.88. The van der Waals surface area contributed by atoms with Crippen LogP contribution in [0.1, 0.15) is 18.4 Å². The van der Waals surface area contributed by atoms with Crippen molar-refractivity contribution < 1.29 is 17.9 Å². The number of ether oxygens (including phenoxy) is 1. The molecule has 1 heterocycles. The van der Waals surface area contributed by atoms with E-state index in [1.807, 2.05) is 0 Å². The molecule has 1 fully saturated rings. The number of anilines is 1. The number of nitrogens with two attached hydrogens (primary N) is 1. The average Bonchev–Trinajstić information content (AvgIpc) is 2.49. The van der Waals surface area contributed by atoms with Crippen LogP contribution in [0.5, 0.6) is 0 Å². The maximum absolute atomic E-state index is 12.7. The summed E-state index contributed by atoms with van der Waals surface area (Å²) in [5.74, 6) is -0.291. The molecule has 0 saturated carbocycles. The van der Waals surface area contributed by atoms with Crippen LogP contribution in [0.15, 0.2) is 24.3 Å². The van der Waals surface area contributed by atoms with E-state index in [1.54, 1.807) is 31.4 Å². The number of sulfonamides is 1. The lowest BCUT2D eigenvalue weighted by Gasteiger charge is -2.35. The molecule has 1 aromatic rings. The number of benzene rings is 1. The summed E-state index contributed by atoms with van der Waals surface area (Å²) in [5.41, 5.74) is 0.681. The van der Waals surface area contributed by atoms with Crippen molar-refractivity contribution in [2.45, 2.75) is 18.6 Å². The van der Waals surface area contributed by atoms with Crippen molar-refractivity contribution in [3.8, 4) is 0 Å². The lowest BCUT2D eigenvalue weighted by Crippen LogP contribution is -2.47. The summed E-state index contributed by atoms with van der Waals surface area (Å²) in [6.45, 7) is 1.94. The zero-order valence-corrected chi connectivity index (χ0v) is 14.0. The SMILES string of the molecule is COCC1(C(=O)Nc2ccc(CS(N)(=O)=O)cc2)CCNCC1. The van der Waals surface area contributed by atoms with Gasteiger partial charge in [-0.25, -0.2) is 13.6 Å². The van der Waals surface area contributed by atoms with Crippen LogP contribution >= 0.6 is 0 Å². The van der Waals surface area contributed by atoms with Gasteiger partial charge in [-0.15, -0.1) is 0 Å². The third kappa shape index (κ3) is 5.00. The number of rotatable bonds is 6. The van der Waals surface area contributed by atoms with E-state index in [4.69, 9.17) is 9.88 Å². The second-order valence-corrected chi connectivity index (χ2v) is 7.54. The highest BCUT2D eigenvalue weighted by Gasteiger charge is 2.39. The quantitative estimate of drug-likeness (QED) is 0.695. The van der Waals surface area contributed by atoms with E-state index in [-0.39, 0.29) is 11.7 Å². The summed E-state index contributed by atoms with van der Waals surface area (Å²) in [7, 11) is -1.96. The van der Waals surface area contributed by atoms with Crippen LogP contribution in [-0.2, 0) is 25.3 Å². The number of carbonyl (C=O) groups excluding carboxylic acids is 1. The average molecular weight is 341 g/mol. The Kier molecular flexibility index (Phi) is 5.74. The number of carbonyl (C=O) groups is 1. The smallest absolute Gasteiger partial charge is 0.233 e. The maximum Gasteiger partial charge on any atom is 0.233 e. The van der Waals surface area contributed by atoms with Crippen LogP contribution in [0.3, 0.4) is 0 Å². The minimum Gasteiger partial charge on any atom is -0.384 e. The van der Waals surface area contributed by atoms with E-state index in [0.717, 1.165) is 25.9 Å². The fourth-order valence-electron chi connectivity index (χ4n) is 2.80. The third-order valence-electron chi connectivity index (χ3n) is 4.04. The Bertz CT molecular complexity index is 632. The molecule has 1 aliphatic heterocycles. The molecule has 4 N–H and O–H groups in total. The van der Waals surface area contributed by atoms with Crippen molar-refractivity contribution in [3.05, 3.63) is 29.8 Å². The molecule has 0 radical (unpaired) electrons. The predicted molar refractivity (Wildman–Crippen MR) is 88.3 cm³/mol. The Morgan fingerprint density at radius 2 is 1.91 bits per heavy atom. The van der Waals surface area contributed by atoms with E-state index in [0.29, 0.717) is 17.9 Å². The number of primary sulfonamides is 1. The number of amides is 1. The van der Waals surface area contributed by atoms with Gasteiger partial charge in [0.1, 0.15) is 0 Å². The molecule has 2 rings (SSSR count). The Balaban J connectivity index is 2.06. The largest absolute Gasteiger partial charge is 0.384 e. The topological polar surface area (TPSA) is 111 Å². The summed E-state index contributed by atoms with van der Waals surface area (Å²) in [4.78, 5) is 12.7. The van der Waals surface area contributed by atoms with E-state index < -0.39 is 15.4 Å². The van der Waals surface area contributed by atoms with Crippen LogP contribution in [0.2, 0.25) is 0 Å². The monoisotopic (exact) mass is 341 g/mol. The zero-order chi connectivity index (χ0) is 16.9. The number of nitrogens with one attached hydrogen (secondary N) is 2. The molecule has 0 aliphatic carbocycles. The van der Waals surface area contributed by atoms with E-state index in [2.05, 4.69) is 10.6 Å². The molecule has 1 aliphatic rings. The standard InChI is InChI=1S/C15H23N3O4S/c1-22-11-15(6-8-17-9-7-15)14(19)18-13-4-2-12(3-5-13)10-23(16,20)21/h2-5,17H,6-11H2,1H3,(H,18,19)(H2,16,20,21). The summed E-state index contributed by atoms with van der Waals surface area (Å²) in [5, 5.41) is 11.2. The first-order valence-electron chi connectivity index (χ1n) is 7.45. The van der Waals surface area contributed by atoms with E-state index in [9.17, 15) is 13.2 Å². The second-order valence-electron chi connectivity index (χ2n) is 5.92. The molecule has 1 aromatic carbocycles. The molecule has 8 heteroatoms. The number of piperidine rings is 1. The minimum absolute atomic E-state index is 0.0694. The molecule has 128 valence electrons. The van der Waals surface area contributed by atoms with Gasteiger partial charge in [0.2, 0.25) is 15.9 Å². The van der Waals surface area contributed by atoms with Gasteiger partial charge in [-0.1, -0.05) is 12.1 Å². The molecule has 0 bridgehead atoms. The number of hydrogen-bond donors (Lipinski definition) is 3. The van der Waals surface area contributed by atoms with Gasteiger partial charge in [-0.2, -0.15) is 0 Å². The van der Waals surface area contributed by atoms with E-state index in [1.165, 1.54) is 0 Å². The van der Waals surface area contributed by atoms with Gasteiger partial charge in [0, 0.05) is 12.8 Å². The Hall–Kier alpha value is -1.48. The van der Waals surface area contributed by atoms with Crippen molar-refractivity contribution in [1.82, 2.24) is 5.32 Å². The second kappa shape index (κ2) is 7.39. The minimum atomic E-state index is -3.56. The maximum atomic E-state index is 12.7. The zero-order valence-electron chi connectivity index (χ0n) is 13.2. The molecule has 7 nitrogen and oxygen atoms in total.